The zero-order chi connectivity index (χ0) is 14.9. The average Bonchev–Trinajstić information content (AvgIpc) is 2.52. The second kappa shape index (κ2) is 8.21. The minimum Gasteiger partial charge on any atom is -0.229 e. The molecule has 0 amide bonds. The van der Waals surface area contributed by atoms with Gasteiger partial charge in [0.05, 0.1) is 0 Å². The van der Waals surface area contributed by atoms with E-state index in [0.717, 1.165) is 17.5 Å². The molecule has 0 aliphatic heterocycles. The predicted octanol–water partition coefficient (Wildman–Crippen LogP) is 4.31. The number of hydrogen-bond donors (Lipinski definition) is 0. The third-order valence-electron chi connectivity index (χ3n) is 3.37. The van der Waals surface area contributed by atoms with Crippen molar-refractivity contribution in [2.45, 2.75) is 46.0 Å². The van der Waals surface area contributed by atoms with Crippen LogP contribution in [0.5, 0.6) is 0 Å². The molecule has 0 saturated carbocycles. The van der Waals surface area contributed by atoms with Gasteiger partial charge in [0.25, 0.3) is 0 Å². The largest absolute Gasteiger partial charge is 0.229 e. The summed E-state index contributed by atoms with van der Waals surface area (Å²) in [5.74, 6) is 6.68. The highest BCUT2D eigenvalue weighted by molar-refractivity contribution is 5.39. The number of aromatic nitrogens is 2. The van der Waals surface area contributed by atoms with Gasteiger partial charge in [-0.1, -0.05) is 44.2 Å². The molecule has 0 radical (unpaired) electrons. The predicted molar refractivity (Wildman–Crippen MR) is 87.0 cm³/mol. The van der Waals surface area contributed by atoms with Crippen molar-refractivity contribution < 1.29 is 0 Å². The lowest BCUT2D eigenvalue weighted by Gasteiger charge is -2.01. The van der Waals surface area contributed by atoms with Crippen LogP contribution in [0.2, 0.25) is 0 Å². The fourth-order valence-corrected chi connectivity index (χ4v) is 2.10. The average molecular weight is 278 g/mol. The van der Waals surface area contributed by atoms with Crippen LogP contribution in [-0.4, -0.2) is 9.97 Å². The Balaban J connectivity index is 1.92. The second-order valence-electron chi connectivity index (χ2n) is 5.34. The smallest absolute Gasteiger partial charge is 0.205 e. The molecule has 2 aromatic rings. The third-order valence-corrected chi connectivity index (χ3v) is 3.37. The molecule has 0 aliphatic carbocycles. The van der Waals surface area contributed by atoms with Gasteiger partial charge in [-0.05, 0) is 48.9 Å². The van der Waals surface area contributed by atoms with Crippen molar-refractivity contribution in [3.05, 3.63) is 59.2 Å². The zero-order valence-corrected chi connectivity index (χ0v) is 12.9. The Morgan fingerprint density at radius 3 is 2.29 bits per heavy atom. The molecular formula is C19H22N2. The molecule has 0 spiro atoms. The normalized spacial score (nSPS) is 10.0. The highest BCUT2D eigenvalue weighted by Crippen LogP contribution is 2.09. The van der Waals surface area contributed by atoms with Crippen LogP contribution in [0.25, 0.3) is 0 Å². The van der Waals surface area contributed by atoms with E-state index in [2.05, 4.69) is 53.0 Å². The number of aryl methyl sites for hydroxylation is 2. The Labute approximate surface area is 127 Å². The van der Waals surface area contributed by atoms with Crippen LogP contribution in [-0.2, 0) is 6.42 Å². The van der Waals surface area contributed by atoms with Gasteiger partial charge >= 0.3 is 0 Å². The maximum Gasteiger partial charge on any atom is 0.205 e. The van der Waals surface area contributed by atoms with E-state index < -0.39 is 0 Å². The van der Waals surface area contributed by atoms with Crippen LogP contribution in [0.1, 0.15) is 55.1 Å². The fourth-order valence-electron chi connectivity index (χ4n) is 2.10. The third kappa shape index (κ3) is 5.39. The van der Waals surface area contributed by atoms with Gasteiger partial charge in [-0.15, -0.1) is 0 Å². The van der Waals surface area contributed by atoms with E-state index >= 15 is 0 Å². The van der Waals surface area contributed by atoms with Gasteiger partial charge in [-0.3, -0.25) is 0 Å². The summed E-state index contributed by atoms with van der Waals surface area (Å²) in [6.07, 6.45) is 9.95. The van der Waals surface area contributed by atoms with Gasteiger partial charge in [-0.2, -0.15) is 0 Å². The van der Waals surface area contributed by atoms with Crippen LogP contribution in [0, 0.1) is 18.8 Å². The van der Waals surface area contributed by atoms with E-state index in [1.165, 1.54) is 31.2 Å². The summed E-state index contributed by atoms with van der Waals surface area (Å²) in [6, 6.07) is 8.50. The first kappa shape index (κ1) is 15.3. The molecule has 0 saturated heterocycles. The summed E-state index contributed by atoms with van der Waals surface area (Å²) in [6.45, 7) is 4.21. The number of benzene rings is 1. The van der Waals surface area contributed by atoms with Gasteiger partial charge in [-0.25, -0.2) is 9.97 Å². The number of hydrogen-bond acceptors (Lipinski definition) is 2. The van der Waals surface area contributed by atoms with Gasteiger partial charge in [0.1, 0.15) is 0 Å². The monoisotopic (exact) mass is 278 g/mol. The molecule has 0 N–H and O–H groups in total. The van der Waals surface area contributed by atoms with Crippen molar-refractivity contribution in [2.24, 2.45) is 0 Å². The SMILES string of the molecule is CCCCCCc1ccc(C#Cc2ncc(C)cn2)cc1. The van der Waals surface area contributed by atoms with Crippen LogP contribution in [0.4, 0.5) is 0 Å². The second-order valence-corrected chi connectivity index (χ2v) is 5.34. The number of nitrogens with zero attached hydrogens (tertiary/aromatic N) is 2. The van der Waals surface area contributed by atoms with Crippen LogP contribution < -0.4 is 0 Å². The zero-order valence-electron chi connectivity index (χ0n) is 12.9. The quantitative estimate of drug-likeness (QED) is 0.601. The van der Waals surface area contributed by atoms with Gasteiger partial charge in [0, 0.05) is 18.0 Å². The standard InChI is InChI=1S/C19H22N2/c1-3-4-5-6-7-17-8-10-18(11-9-17)12-13-19-20-14-16(2)15-21-19/h8-11,14-15H,3-7H2,1-2H3. The Bertz CT molecular complexity index is 601. The van der Waals surface area contributed by atoms with Crippen molar-refractivity contribution >= 4 is 0 Å². The maximum absolute atomic E-state index is 4.18. The molecule has 21 heavy (non-hydrogen) atoms. The molecule has 2 rings (SSSR count). The van der Waals surface area contributed by atoms with E-state index in [4.69, 9.17) is 0 Å². The van der Waals surface area contributed by atoms with E-state index in [9.17, 15) is 0 Å². The summed E-state index contributed by atoms with van der Waals surface area (Å²) in [5, 5.41) is 0. The van der Waals surface area contributed by atoms with E-state index in [1.54, 1.807) is 12.4 Å². The molecule has 0 fully saturated rings. The van der Waals surface area contributed by atoms with Crippen molar-refractivity contribution in [2.75, 3.05) is 0 Å². The summed E-state index contributed by atoms with van der Waals surface area (Å²) in [5.41, 5.74) is 3.45. The summed E-state index contributed by atoms with van der Waals surface area (Å²) in [4.78, 5) is 8.37. The highest BCUT2D eigenvalue weighted by Gasteiger charge is 1.94. The Kier molecular flexibility index (Phi) is 5.97. The number of unbranched alkanes of at least 4 members (excludes halogenated alkanes) is 3. The first-order valence-electron chi connectivity index (χ1n) is 7.67. The Morgan fingerprint density at radius 1 is 0.905 bits per heavy atom. The van der Waals surface area contributed by atoms with Crippen LogP contribution >= 0.6 is 0 Å². The van der Waals surface area contributed by atoms with Gasteiger partial charge < -0.3 is 0 Å². The molecule has 108 valence electrons. The van der Waals surface area contributed by atoms with E-state index in [1.807, 2.05) is 6.92 Å². The Morgan fingerprint density at radius 2 is 1.62 bits per heavy atom. The van der Waals surface area contributed by atoms with Crippen molar-refractivity contribution in [3.63, 3.8) is 0 Å². The molecule has 0 bridgehead atoms. The summed E-state index contributed by atoms with van der Waals surface area (Å²) in [7, 11) is 0. The topological polar surface area (TPSA) is 25.8 Å². The van der Waals surface area contributed by atoms with Gasteiger partial charge in [0.15, 0.2) is 0 Å². The molecule has 0 unspecified atom stereocenters. The summed E-state index contributed by atoms with van der Waals surface area (Å²) >= 11 is 0. The first-order chi connectivity index (χ1) is 10.3. The van der Waals surface area contributed by atoms with Gasteiger partial charge in [0.2, 0.25) is 5.82 Å². The van der Waals surface area contributed by atoms with Crippen LogP contribution in [0.3, 0.4) is 0 Å². The van der Waals surface area contributed by atoms with Crippen molar-refractivity contribution in [3.8, 4) is 11.8 Å². The maximum atomic E-state index is 4.18. The fraction of sp³-hybridized carbons (Fsp3) is 0.368. The summed E-state index contributed by atoms with van der Waals surface area (Å²) < 4.78 is 0. The minimum absolute atomic E-state index is 0.573. The van der Waals surface area contributed by atoms with E-state index in [0.29, 0.717) is 5.82 Å². The lowest BCUT2D eigenvalue weighted by atomic mass is 10.0. The Hall–Kier alpha value is -2.14. The van der Waals surface area contributed by atoms with E-state index in [-0.39, 0.29) is 0 Å². The lowest BCUT2D eigenvalue weighted by Crippen LogP contribution is -1.89. The molecule has 1 aromatic heterocycles. The molecule has 0 aliphatic rings. The molecule has 2 heteroatoms. The van der Waals surface area contributed by atoms with Crippen molar-refractivity contribution in [1.82, 2.24) is 9.97 Å². The first-order valence-corrected chi connectivity index (χ1v) is 7.67. The van der Waals surface area contributed by atoms with Crippen molar-refractivity contribution in [1.29, 1.82) is 0 Å². The lowest BCUT2D eigenvalue weighted by molar-refractivity contribution is 0.667. The molecular weight excluding hydrogens is 256 g/mol. The molecule has 1 aromatic carbocycles. The van der Waals surface area contributed by atoms with Crippen LogP contribution in [0.15, 0.2) is 36.7 Å². The molecule has 0 atom stereocenters. The minimum atomic E-state index is 0.573. The number of rotatable bonds is 5. The molecule has 1 heterocycles. The molecule has 2 nitrogen and oxygen atoms in total. The highest BCUT2D eigenvalue weighted by atomic mass is 14.8.